The van der Waals surface area contributed by atoms with E-state index in [-0.39, 0.29) is 18.5 Å². The summed E-state index contributed by atoms with van der Waals surface area (Å²) in [7, 11) is 2.18. The smallest absolute Gasteiger partial charge is 0.132 e. The molecule has 1 aromatic carbocycles. The Labute approximate surface area is 222 Å². The minimum atomic E-state index is -0.246. The average Bonchev–Trinajstić information content (AvgIpc) is 2.90. The fourth-order valence-corrected chi connectivity index (χ4v) is 5.89. The van der Waals surface area contributed by atoms with Crippen LogP contribution >= 0.6 is 0 Å². The third kappa shape index (κ3) is 6.63. The summed E-state index contributed by atoms with van der Waals surface area (Å²) in [6.45, 7) is 12.3. The molecule has 3 N–H and O–H groups in total. The highest BCUT2D eigenvalue weighted by Gasteiger charge is 2.32. The number of nitrogens with zero attached hydrogens (tertiary/aromatic N) is 3. The van der Waals surface area contributed by atoms with Gasteiger partial charge < -0.3 is 20.6 Å². The van der Waals surface area contributed by atoms with E-state index in [0.29, 0.717) is 29.8 Å². The lowest BCUT2D eigenvalue weighted by Gasteiger charge is -2.38. The van der Waals surface area contributed by atoms with Crippen molar-refractivity contribution in [1.82, 2.24) is 15.1 Å². The second-order valence-electron chi connectivity index (χ2n) is 10.5. The lowest BCUT2D eigenvalue weighted by atomic mass is 9.79. The summed E-state index contributed by atoms with van der Waals surface area (Å²) in [6, 6.07) is 5.84. The van der Waals surface area contributed by atoms with Crippen LogP contribution < -0.4 is 10.6 Å². The summed E-state index contributed by atoms with van der Waals surface area (Å²) >= 11 is 0. The van der Waals surface area contributed by atoms with Gasteiger partial charge in [-0.1, -0.05) is 6.58 Å². The molecule has 0 saturated heterocycles. The van der Waals surface area contributed by atoms with E-state index in [9.17, 15) is 9.50 Å². The highest BCUT2D eigenvalue weighted by atomic mass is 19.1. The second kappa shape index (κ2) is 12.7. The molecular weight excluding hydrogens is 465 g/mol. The summed E-state index contributed by atoms with van der Waals surface area (Å²) in [4.78, 5) is 9.63. The van der Waals surface area contributed by atoms with Gasteiger partial charge >= 0.3 is 0 Å². The van der Waals surface area contributed by atoms with Crippen LogP contribution in [0.15, 0.2) is 53.2 Å². The number of nitrogens with one attached hydrogen (secondary N) is 2. The summed E-state index contributed by atoms with van der Waals surface area (Å²) in [5.74, 6) is 0.383. The van der Waals surface area contributed by atoms with E-state index < -0.39 is 0 Å². The maximum absolute atomic E-state index is 14.3. The van der Waals surface area contributed by atoms with Gasteiger partial charge in [0, 0.05) is 54.9 Å². The Morgan fingerprint density at radius 1 is 1.24 bits per heavy atom. The molecule has 7 heteroatoms. The molecule has 0 amide bonds. The molecule has 0 bridgehead atoms. The molecule has 202 valence electrons. The first-order valence-corrected chi connectivity index (χ1v) is 14.0. The molecule has 1 saturated carbocycles. The zero-order valence-electron chi connectivity index (χ0n) is 22.8. The standard InChI is InChI=1S/C30H44FN5O/c1-5-32-21(3)27-19-25(11-12-28(27)31)34-24-9-7-22(8-10-24)17-23-18-26(36(6-2)15-16-37)20-29-30(23)33-13-14-35(29)4/h11-12,18-20,22,24,29,32,34,37H,3,5-10,13-17H2,1-2,4H3/t22-,24+,29?. The van der Waals surface area contributed by atoms with Gasteiger partial charge in [0.25, 0.3) is 0 Å². The summed E-state index contributed by atoms with van der Waals surface area (Å²) in [6.07, 6.45) is 10.2. The van der Waals surface area contributed by atoms with Crippen LogP contribution in [0, 0.1) is 11.7 Å². The van der Waals surface area contributed by atoms with Gasteiger partial charge in [-0.05, 0) is 94.8 Å². The number of aliphatic imine (C=N–C) groups is 1. The Morgan fingerprint density at radius 3 is 2.73 bits per heavy atom. The number of anilines is 1. The van der Waals surface area contributed by atoms with Crippen LogP contribution in [-0.4, -0.2) is 79.1 Å². The van der Waals surface area contributed by atoms with Crippen LogP contribution in [0.3, 0.4) is 0 Å². The number of aliphatic hydroxyl groups excluding tert-OH is 1. The van der Waals surface area contributed by atoms with Crippen LogP contribution in [0.4, 0.5) is 10.1 Å². The number of rotatable bonds is 11. The van der Waals surface area contributed by atoms with E-state index in [1.54, 1.807) is 0 Å². The van der Waals surface area contributed by atoms with Crippen molar-refractivity contribution in [3.63, 3.8) is 0 Å². The molecule has 1 atom stereocenters. The predicted octanol–water partition coefficient (Wildman–Crippen LogP) is 4.66. The van der Waals surface area contributed by atoms with Crippen LogP contribution in [-0.2, 0) is 0 Å². The zero-order valence-corrected chi connectivity index (χ0v) is 22.8. The number of allylic oxidation sites excluding steroid dienone is 1. The Bertz CT molecular complexity index is 1040. The van der Waals surface area contributed by atoms with Crippen molar-refractivity contribution in [2.45, 2.75) is 58.0 Å². The quantitative estimate of drug-likeness (QED) is 0.405. The maximum atomic E-state index is 14.3. The van der Waals surface area contributed by atoms with Crippen molar-refractivity contribution in [3.8, 4) is 0 Å². The van der Waals surface area contributed by atoms with Crippen molar-refractivity contribution in [3.05, 3.63) is 59.6 Å². The molecule has 0 aromatic heterocycles. The molecule has 1 aromatic rings. The van der Waals surface area contributed by atoms with Crippen LogP contribution in [0.2, 0.25) is 0 Å². The molecule has 37 heavy (non-hydrogen) atoms. The fourth-order valence-electron chi connectivity index (χ4n) is 5.89. The number of hydrogen-bond donors (Lipinski definition) is 3. The maximum Gasteiger partial charge on any atom is 0.132 e. The molecule has 1 aliphatic heterocycles. The van der Waals surface area contributed by atoms with E-state index in [1.165, 1.54) is 23.0 Å². The van der Waals surface area contributed by atoms with Gasteiger partial charge in [-0.2, -0.15) is 0 Å². The molecule has 1 heterocycles. The summed E-state index contributed by atoms with van der Waals surface area (Å²) in [5.41, 5.74) is 5.92. The molecule has 1 unspecified atom stereocenters. The molecular formula is C30H44FN5O. The molecule has 0 spiro atoms. The Kier molecular flexibility index (Phi) is 9.43. The molecule has 1 fully saturated rings. The van der Waals surface area contributed by atoms with Crippen LogP contribution in [0.1, 0.15) is 51.5 Å². The highest BCUT2D eigenvalue weighted by Crippen LogP contribution is 2.35. The monoisotopic (exact) mass is 509 g/mol. The van der Waals surface area contributed by atoms with Crippen molar-refractivity contribution >= 4 is 17.1 Å². The number of likely N-dealkylation sites (N-methyl/N-ethyl adjacent to an activating group) is 2. The molecule has 0 radical (unpaired) electrons. The minimum absolute atomic E-state index is 0.158. The van der Waals surface area contributed by atoms with Gasteiger partial charge in [0.2, 0.25) is 0 Å². The summed E-state index contributed by atoms with van der Waals surface area (Å²) < 4.78 is 14.3. The van der Waals surface area contributed by atoms with Gasteiger partial charge in [-0.15, -0.1) is 0 Å². The Morgan fingerprint density at radius 2 is 2.03 bits per heavy atom. The topological polar surface area (TPSA) is 63.1 Å². The van der Waals surface area contributed by atoms with Crippen molar-refractivity contribution < 1.29 is 9.50 Å². The molecule has 4 rings (SSSR count). The largest absolute Gasteiger partial charge is 0.395 e. The van der Waals surface area contributed by atoms with Gasteiger partial charge in [-0.25, -0.2) is 4.39 Å². The number of fused-ring (bicyclic) bond motifs is 1. The van der Waals surface area contributed by atoms with Crippen LogP contribution in [0.5, 0.6) is 0 Å². The third-order valence-corrected chi connectivity index (χ3v) is 7.99. The SMILES string of the molecule is C=C(NCC)c1cc(N[C@H]2CC[C@@H](CC3=CC(N(CC)CCO)=CC4C3=NCCN4C)CC2)ccc1F. The van der Waals surface area contributed by atoms with E-state index in [4.69, 9.17) is 4.99 Å². The number of halogens is 1. The van der Waals surface area contributed by atoms with E-state index in [2.05, 4.69) is 53.1 Å². The lowest BCUT2D eigenvalue weighted by molar-refractivity contribution is 0.232. The second-order valence-corrected chi connectivity index (χ2v) is 10.5. The lowest BCUT2D eigenvalue weighted by Crippen LogP contribution is -2.46. The molecule has 2 aliphatic carbocycles. The third-order valence-electron chi connectivity index (χ3n) is 7.99. The number of benzene rings is 1. The Hall–Kier alpha value is -2.64. The highest BCUT2D eigenvalue weighted by molar-refractivity contribution is 6.07. The van der Waals surface area contributed by atoms with Gasteiger partial charge in [0.15, 0.2) is 0 Å². The van der Waals surface area contributed by atoms with Gasteiger partial charge in [0.1, 0.15) is 5.82 Å². The van der Waals surface area contributed by atoms with Crippen molar-refractivity contribution in [1.29, 1.82) is 0 Å². The van der Waals surface area contributed by atoms with Crippen molar-refractivity contribution in [2.75, 3.05) is 51.7 Å². The predicted molar refractivity (Wildman–Crippen MR) is 152 cm³/mol. The fraction of sp³-hybridized carbons (Fsp3) is 0.567. The Balaban J connectivity index is 1.40. The van der Waals surface area contributed by atoms with Gasteiger partial charge in [0.05, 0.1) is 24.9 Å². The molecule has 3 aliphatic rings. The summed E-state index contributed by atoms with van der Waals surface area (Å²) in [5, 5.41) is 16.3. The minimum Gasteiger partial charge on any atom is -0.395 e. The molecule has 6 nitrogen and oxygen atoms in total. The van der Waals surface area contributed by atoms with Crippen molar-refractivity contribution in [2.24, 2.45) is 10.9 Å². The van der Waals surface area contributed by atoms with E-state index >= 15 is 0 Å². The first-order chi connectivity index (χ1) is 17.9. The number of aliphatic hydroxyl groups is 1. The first kappa shape index (κ1) is 27.4. The normalized spacial score (nSPS) is 23.9. The van der Waals surface area contributed by atoms with Crippen LogP contribution in [0.25, 0.3) is 5.70 Å². The van der Waals surface area contributed by atoms with E-state index in [0.717, 1.165) is 64.0 Å². The number of hydrogen-bond acceptors (Lipinski definition) is 6. The first-order valence-electron chi connectivity index (χ1n) is 14.0. The van der Waals surface area contributed by atoms with E-state index in [1.807, 2.05) is 19.1 Å². The van der Waals surface area contributed by atoms with Gasteiger partial charge in [-0.3, -0.25) is 9.89 Å². The average molecular weight is 510 g/mol. The zero-order chi connectivity index (χ0) is 26.4.